The first-order chi connectivity index (χ1) is 9.66. The van der Waals surface area contributed by atoms with E-state index in [1.807, 2.05) is 25.2 Å². The summed E-state index contributed by atoms with van der Waals surface area (Å²) in [6.07, 6.45) is 11.4. The molecule has 0 atom stereocenters. The third-order valence-electron chi connectivity index (χ3n) is 2.12. The number of hydrogen-bond acceptors (Lipinski definition) is 1. The van der Waals surface area contributed by atoms with Gasteiger partial charge in [0.2, 0.25) is 0 Å². The van der Waals surface area contributed by atoms with Crippen LogP contribution in [0.2, 0.25) is 0 Å². The summed E-state index contributed by atoms with van der Waals surface area (Å²) in [7, 11) is 0. The fourth-order valence-corrected chi connectivity index (χ4v) is 1.26. The van der Waals surface area contributed by atoms with Crippen LogP contribution in [0.25, 0.3) is 0 Å². The van der Waals surface area contributed by atoms with Crippen LogP contribution in [0, 0.1) is 35.5 Å². The molecule has 0 saturated heterocycles. The van der Waals surface area contributed by atoms with Gasteiger partial charge in [0.05, 0.1) is 0 Å². The molecule has 0 aliphatic carbocycles. The van der Waals surface area contributed by atoms with Gasteiger partial charge < -0.3 is 5.11 Å². The Kier molecular flexibility index (Phi) is 11.1. The lowest BCUT2D eigenvalue weighted by molar-refractivity contribution is -0.131. The molecular formula is C18H18O2. The highest BCUT2D eigenvalue weighted by atomic mass is 16.4. The van der Waals surface area contributed by atoms with Crippen LogP contribution >= 0.6 is 0 Å². The van der Waals surface area contributed by atoms with Crippen molar-refractivity contribution in [3.8, 4) is 35.5 Å². The van der Waals surface area contributed by atoms with Crippen molar-refractivity contribution in [3.05, 3.63) is 36.0 Å². The van der Waals surface area contributed by atoms with Gasteiger partial charge >= 0.3 is 5.97 Å². The summed E-state index contributed by atoms with van der Waals surface area (Å²) >= 11 is 0. The van der Waals surface area contributed by atoms with Crippen molar-refractivity contribution in [3.63, 3.8) is 0 Å². The zero-order valence-corrected chi connectivity index (χ0v) is 11.9. The van der Waals surface area contributed by atoms with Gasteiger partial charge in [-0.1, -0.05) is 35.6 Å². The molecule has 0 bridgehead atoms. The van der Waals surface area contributed by atoms with Crippen molar-refractivity contribution in [2.45, 2.75) is 33.1 Å². The quantitative estimate of drug-likeness (QED) is 0.346. The summed E-state index contributed by atoms with van der Waals surface area (Å²) in [4.78, 5) is 10.4. The normalized spacial score (nSPS) is 10.2. The maximum atomic E-state index is 10.4. The summed E-state index contributed by atoms with van der Waals surface area (Å²) in [5, 5.41) is 8.55. The summed E-state index contributed by atoms with van der Waals surface area (Å²) in [6, 6.07) is 0. The molecule has 0 fully saturated rings. The maximum absolute atomic E-state index is 10.4. The lowest BCUT2D eigenvalue weighted by Crippen LogP contribution is -1.89. The average Bonchev–Trinajstić information content (AvgIpc) is 2.39. The van der Waals surface area contributed by atoms with Gasteiger partial charge in [0.1, 0.15) is 0 Å². The number of hydrogen-bond donors (Lipinski definition) is 1. The molecule has 2 heteroatoms. The largest absolute Gasteiger partial charge is 0.478 e. The first kappa shape index (κ1) is 17.4. The minimum atomic E-state index is -0.882. The molecule has 0 spiro atoms. The number of aliphatic carboxylic acids is 1. The number of carboxylic acids is 1. The molecule has 0 aromatic carbocycles. The molecule has 0 saturated carbocycles. The Morgan fingerprint density at radius 2 is 1.90 bits per heavy atom. The third-order valence-corrected chi connectivity index (χ3v) is 2.12. The summed E-state index contributed by atoms with van der Waals surface area (Å²) in [5.41, 5.74) is 0.890. The zero-order valence-electron chi connectivity index (χ0n) is 11.9. The zero-order chi connectivity index (χ0) is 15.1. The molecule has 0 unspecified atom stereocenters. The molecule has 0 aromatic rings. The van der Waals surface area contributed by atoms with E-state index in [0.717, 1.165) is 24.8 Å². The second kappa shape index (κ2) is 12.8. The van der Waals surface area contributed by atoms with Crippen molar-refractivity contribution in [1.82, 2.24) is 0 Å². The van der Waals surface area contributed by atoms with Crippen molar-refractivity contribution in [2.24, 2.45) is 0 Å². The van der Waals surface area contributed by atoms with Crippen molar-refractivity contribution in [2.75, 3.05) is 0 Å². The van der Waals surface area contributed by atoms with Crippen molar-refractivity contribution >= 4 is 5.97 Å². The Hall–Kier alpha value is -2.63. The Morgan fingerprint density at radius 3 is 2.60 bits per heavy atom. The predicted molar refractivity (Wildman–Crippen MR) is 82.5 cm³/mol. The third kappa shape index (κ3) is 13.4. The molecule has 20 heavy (non-hydrogen) atoms. The second-order valence-electron chi connectivity index (χ2n) is 3.90. The van der Waals surface area contributed by atoms with E-state index in [1.165, 1.54) is 6.08 Å². The summed E-state index contributed by atoms with van der Waals surface area (Å²) < 4.78 is 0. The minimum absolute atomic E-state index is 0.800. The Bertz CT molecular complexity index is 570. The van der Waals surface area contributed by atoms with Gasteiger partial charge in [-0.3, -0.25) is 0 Å². The van der Waals surface area contributed by atoms with E-state index < -0.39 is 5.97 Å². The first-order valence-electron chi connectivity index (χ1n) is 6.31. The number of carbonyl (C=O) groups is 1. The van der Waals surface area contributed by atoms with Gasteiger partial charge in [0.25, 0.3) is 0 Å². The molecule has 0 aliphatic heterocycles. The van der Waals surface area contributed by atoms with Crippen LogP contribution in [0.1, 0.15) is 33.1 Å². The monoisotopic (exact) mass is 266 g/mol. The molecule has 1 N–H and O–H groups in total. The van der Waals surface area contributed by atoms with E-state index in [1.54, 1.807) is 13.0 Å². The van der Waals surface area contributed by atoms with Crippen LogP contribution in [0.3, 0.4) is 0 Å². The van der Waals surface area contributed by atoms with Gasteiger partial charge in [0, 0.05) is 6.08 Å². The molecule has 2 nitrogen and oxygen atoms in total. The predicted octanol–water partition coefficient (Wildman–Crippen LogP) is 3.33. The lowest BCUT2D eigenvalue weighted by Gasteiger charge is -1.96. The average molecular weight is 266 g/mol. The van der Waals surface area contributed by atoms with Gasteiger partial charge in [-0.05, 0) is 62.9 Å². The first-order valence-corrected chi connectivity index (χ1v) is 6.31. The SMILES string of the molecule is CC#CC#CC#CC=CC=CCCCC(C)=CC(=O)O. The number of unbranched alkanes of at least 4 members (excludes halogenated alkanes) is 1. The minimum Gasteiger partial charge on any atom is -0.478 e. The molecule has 0 heterocycles. The van der Waals surface area contributed by atoms with Gasteiger partial charge in [0.15, 0.2) is 0 Å². The van der Waals surface area contributed by atoms with Gasteiger partial charge in [-0.2, -0.15) is 0 Å². The van der Waals surface area contributed by atoms with E-state index in [2.05, 4.69) is 35.5 Å². The molecule has 0 aromatic heterocycles. The highest BCUT2D eigenvalue weighted by Gasteiger charge is 1.93. The number of rotatable bonds is 6. The molecule has 0 radical (unpaired) electrons. The van der Waals surface area contributed by atoms with E-state index >= 15 is 0 Å². The molecule has 0 amide bonds. The van der Waals surface area contributed by atoms with E-state index in [9.17, 15) is 4.79 Å². The Morgan fingerprint density at radius 1 is 1.15 bits per heavy atom. The van der Waals surface area contributed by atoms with Crippen molar-refractivity contribution < 1.29 is 9.90 Å². The van der Waals surface area contributed by atoms with Crippen LogP contribution in [-0.4, -0.2) is 11.1 Å². The summed E-state index contributed by atoms with van der Waals surface area (Å²) in [6.45, 7) is 3.56. The smallest absolute Gasteiger partial charge is 0.328 e. The lowest BCUT2D eigenvalue weighted by atomic mass is 10.1. The Labute approximate surface area is 121 Å². The highest BCUT2D eigenvalue weighted by molar-refractivity contribution is 5.80. The standard InChI is InChI=1S/C18H18O2/c1-3-4-5-6-7-8-9-10-11-12-13-14-15-17(2)16-18(19)20/h9-12,16H,13-15H2,1-2H3,(H,19,20). The van der Waals surface area contributed by atoms with E-state index in [-0.39, 0.29) is 0 Å². The topological polar surface area (TPSA) is 37.3 Å². The highest BCUT2D eigenvalue weighted by Crippen LogP contribution is 2.06. The Balaban J connectivity index is 3.85. The number of allylic oxidation sites excluding steroid dienone is 5. The van der Waals surface area contributed by atoms with Crippen molar-refractivity contribution in [1.29, 1.82) is 0 Å². The molecule has 0 rings (SSSR count). The fraction of sp³-hybridized carbons (Fsp3) is 0.278. The van der Waals surface area contributed by atoms with Gasteiger partial charge in [-0.15, -0.1) is 0 Å². The van der Waals surface area contributed by atoms with Crippen LogP contribution < -0.4 is 0 Å². The van der Waals surface area contributed by atoms with Gasteiger partial charge in [-0.25, -0.2) is 4.79 Å². The fourth-order valence-electron chi connectivity index (χ4n) is 1.26. The van der Waals surface area contributed by atoms with Crippen LogP contribution in [-0.2, 0) is 4.79 Å². The van der Waals surface area contributed by atoms with Crippen LogP contribution in [0.4, 0.5) is 0 Å². The van der Waals surface area contributed by atoms with Crippen LogP contribution in [0.5, 0.6) is 0 Å². The van der Waals surface area contributed by atoms with E-state index in [4.69, 9.17) is 5.11 Å². The second-order valence-corrected chi connectivity index (χ2v) is 3.90. The molecule has 102 valence electrons. The van der Waals surface area contributed by atoms with E-state index in [0.29, 0.717) is 0 Å². The molecular weight excluding hydrogens is 248 g/mol. The maximum Gasteiger partial charge on any atom is 0.328 e. The van der Waals surface area contributed by atoms with Crippen LogP contribution in [0.15, 0.2) is 36.0 Å². The number of carboxylic acid groups (broad SMARTS) is 1. The summed E-state index contributed by atoms with van der Waals surface area (Å²) in [5.74, 6) is 15.0. The molecule has 0 aliphatic rings.